The monoisotopic (exact) mass is 580 g/mol. The molecule has 9 heteroatoms. The van der Waals surface area contributed by atoms with E-state index in [0.717, 1.165) is 0 Å². The minimum absolute atomic E-state index is 0.224. The Labute approximate surface area is 247 Å². The average molecular weight is 581 g/mol. The van der Waals surface area contributed by atoms with Crippen LogP contribution >= 0.6 is 0 Å². The van der Waals surface area contributed by atoms with Crippen LogP contribution in [0, 0.1) is 0 Å². The molecule has 1 aliphatic heterocycles. The summed E-state index contributed by atoms with van der Waals surface area (Å²) in [5.41, 5.74) is 1.06. The second-order valence-electron chi connectivity index (χ2n) is 9.62. The van der Waals surface area contributed by atoms with Crippen LogP contribution in [0.2, 0.25) is 0 Å². The van der Waals surface area contributed by atoms with Crippen molar-refractivity contribution in [2.24, 2.45) is 0 Å². The summed E-state index contributed by atoms with van der Waals surface area (Å²) in [4.78, 5) is 52.2. The Morgan fingerprint density at radius 2 is 0.884 bits per heavy atom. The molecule has 0 radical (unpaired) electrons. The van der Waals surface area contributed by atoms with Crippen molar-refractivity contribution in [3.8, 4) is 0 Å². The van der Waals surface area contributed by atoms with E-state index in [4.69, 9.17) is 23.7 Å². The van der Waals surface area contributed by atoms with E-state index >= 15 is 0 Å². The molecule has 0 saturated carbocycles. The maximum atomic E-state index is 13.2. The van der Waals surface area contributed by atoms with Gasteiger partial charge in [-0.3, -0.25) is 0 Å². The molecule has 218 valence electrons. The van der Waals surface area contributed by atoms with Gasteiger partial charge in [-0.15, -0.1) is 0 Å². The van der Waals surface area contributed by atoms with Crippen molar-refractivity contribution < 1.29 is 42.9 Å². The maximum absolute atomic E-state index is 13.2. The summed E-state index contributed by atoms with van der Waals surface area (Å²) >= 11 is 0. The van der Waals surface area contributed by atoms with Crippen LogP contribution in [0.4, 0.5) is 0 Å². The summed E-state index contributed by atoms with van der Waals surface area (Å²) in [6.45, 7) is -0.558. The second-order valence-corrected chi connectivity index (χ2v) is 9.62. The van der Waals surface area contributed by atoms with Crippen molar-refractivity contribution in [3.63, 3.8) is 0 Å². The van der Waals surface area contributed by atoms with Gasteiger partial charge < -0.3 is 23.7 Å². The molecule has 4 aromatic rings. The number of hydrogen-bond donors (Lipinski definition) is 0. The molecular weight excluding hydrogens is 552 g/mol. The van der Waals surface area contributed by atoms with E-state index in [1.807, 2.05) is 0 Å². The van der Waals surface area contributed by atoms with Gasteiger partial charge in [-0.1, -0.05) is 72.8 Å². The molecule has 5 rings (SSSR count). The van der Waals surface area contributed by atoms with E-state index in [1.165, 1.54) is 0 Å². The lowest BCUT2D eigenvalue weighted by Gasteiger charge is -2.40. The van der Waals surface area contributed by atoms with Crippen LogP contribution in [0.1, 0.15) is 41.4 Å². The zero-order valence-electron chi connectivity index (χ0n) is 22.9. The predicted molar refractivity (Wildman–Crippen MR) is 153 cm³/mol. The van der Waals surface area contributed by atoms with Crippen LogP contribution in [-0.2, 0) is 23.7 Å². The third-order valence-electron chi connectivity index (χ3n) is 6.69. The molecule has 4 atom stereocenters. The van der Waals surface area contributed by atoms with Crippen molar-refractivity contribution in [1.82, 2.24) is 0 Å². The third-order valence-corrected chi connectivity index (χ3v) is 6.69. The van der Waals surface area contributed by atoms with Gasteiger partial charge >= 0.3 is 23.9 Å². The molecular formula is C34H28O9. The number of esters is 4. The van der Waals surface area contributed by atoms with Gasteiger partial charge in [0.2, 0.25) is 0 Å². The molecule has 43 heavy (non-hydrogen) atoms. The first kappa shape index (κ1) is 29.2. The fourth-order valence-electron chi connectivity index (χ4n) is 4.49. The number of carbonyl (C=O) groups excluding carboxylic acids is 4. The van der Waals surface area contributed by atoms with Crippen LogP contribution < -0.4 is 0 Å². The molecule has 0 unspecified atom stereocenters. The zero-order valence-corrected chi connectivity index (χ0v) is 22.9. The first-order valence-corrected chi connectivity index (χ1v) is 13.6. The van der Waals surface area contributed by atoms with E-state index in [1.54, 1.807) is 121 Å². The third kappa shape index (κ3) is 7.52. The predicted octanol–water partition coefficient (Wildman–Crippen LogP) is 4.92. The van der Waals surface area contributed by atoms with Crippen molar-refractivity contribution in [1.29, 1.82) is 0 Å². The van der Waals surface area contributed by atoms with Crippen LogP contribution in [0.15, 0.2) is 121 Å². The number of hydrogen-bond acceptors (Lipinski definition) is 9. The molecule has 1 aliphatic rings. The van der Waals surface area contributed by atoms with E-state index in [-0.39, 0.29) is 29.9 Å². The summed E-state index contributed by atoms with van der Waals surface area (Å²) in [7, 11) is 0. The van der Waals surface area contributed by atoms with E-state index in [0.29, 0.717) is 5.56 Å². The Balaban J connectivity index is 1.44. The SMILES string of the molecule is O=C(OC[C@H]1OC[C@@H](OC(=O)c2ccccc2)[C@@H](OC(=O)c2ccccc2)[C@@H]1OC(=O)c1ccccc1)c1ccccc1. The van der Waals surface area contributed by atoms with Gasteiger partial charge in [0.05, 0.1) is 28.9 Å². The minimum atomic E-state index is -1.31. The van der Waals surface area contributed by atoms with Gasteiger partial charge in [0.25, 0.3) is 0 Å². The lowest BCUT2D eigenvalue weighted by atomic mass is 9.99. The molecule has 4 aromatic carbocycles. The Morgan fingerprint density at radius 1 is 0.512 bits per heavy atom. The maximum Gasteiger partial charge on any atom is 0.338 e. The minimum Gasteiger partial charge on any atom is -0.459 e. The number of ether oxygens (including phenoxy) is 5. The molecule has 1 saturated heterocycles. The van der Waals surface area contributed by atoms with E-state index in [9.17, 15) is 19.2 Å². The Hall–Kier alpha value is -5.28. The number of benzene rings is 4. The van der Waals surface area contributed by atoms with E-state index < -0.39 is 48.3 Å². The molecule has 1 heterocycles. The fraction of sp³-hybridized carbons (Fsp3) is 0.176. The molecule has 0 spiro atoms. The highest BCUT2D eigenvalue weighted by atomic mass is 16.7. The van der Waals surface area contributed by atoms with Gasteiger partial charge in [-0.05, 0) is 48.5 Å². The van der Waals surface area contributed by atoms with Crippen molar-refractivity contribution in [2.45, 2.75) is 24.4 Å². The smallest absolute Gasteiger partial charge is 0.338 e. The summed E-state index contributed by atoms with van der Waals surface area (Å²) in [6.07, 6.45) is -4.83. The average Bonchev–Trinajstić information content (AvgIpc) is 3.07. The van der Waals surface area contributed by atoms with Crippen molar-refractivity contribution >= 4 is 23.9 Å². The molecule has 1 fully saturated rings. The largest absolute Gasteiger partial charge is 0.459 e. The van der Waals surface area contributed by atoms with Gasteiger partial charge in [-0.25, -0.2) is 19.2 Å². The van der Waals surface area contributed by atoms with E-state index in [2.05, 4.69) is 0 Å². The summed E-state index contributed by atoms with van der Waals surface area (Å²) in [5, 5.41) is 0. The van der Waals surface area contributed by atoms with Crippen molar-refractivity contribution in [2.75, 3.05) is 13.2 Å². The van der Waals surface area contributed by atoms with Gasteiger partial charge in [0.1, 0.15) is 12.7 Å². The van der Waals surface area contributed by atoms with Gasteiger partial charge in [0, 0.05) is 0 Å². The number of carbonyl (C=O) groups is 4. The first-order chi connectivity index (χ1) is 21.0. The lowest BCUT2D eigenvalue weighted by Crippen LogP contribution is -2.59. The van der Waals surface area contributed by atoms with Crippen LogP contribution in [0.25, 0.3) is 0 Å². The highest BCUT2D eigenvalue weighted by molar-refractivity contribution is 5.91. The first-order valence-electron chi connectivity index (χ1n) is 13.6. The quantitative estimate of drug-likeness (QED) is 0.201. The molecule has 0 aliphatic carbocycles. The number of rotatable bonds is 9. The molecule has 0 N–H and O–H groups in total. The van der Waals surface area contributed by atoms with Gasteiger partial charge in [0.15, 0.2) is 18.3 Å². The zero-order chi connectivity index (χ0) is 30.0. The Morgan fingerprint density at radius 3 is 1.33 bits per heavy atom. The second kappa shape index (κ2) is 14.1. The summed E-state index contributed by atoms with van der Waals surface area (Å²) in [5.74, 6) is -2.76. The normalized spacial score (nSPS) is 19.4. The molecule has 0 bridgehead atoms. The summed E-state index contributed by atoms with van der Waals surface area (Å²) < 4.78 is 29.0. The standard InChI is InChI=1S/C34H28O9/c35-31(23-13-5-1-6-14-23)40-21-27-29(42-33(37)25-17-9-3-10-18-25)30(43-34(38)26-19-11-4-12-20-26)28(22-39-27)41-32(36)24-15-7-2-8-16-24/h1-20,27-30H,21-22H2/t27-,28-,29-,30-/m1/s1. The highest BCUT2D eigenvalue weighted by Gasteiger charge is 2.48. The van der Waals surface area contributed by atoms with Crippen LogP contribution in [0.5, 0.6) is 0 Å². The van der Waals surface area contributed by atoms with Crippen LogP contribution in [0.3, 0.4) is 0 Å². The highest BCUT2D eigenvalue weighted by Crippen LogP contribution is 2.27. The van der Waals surface area contributed by atoms with Crippen molar-refractivity contribution in [3.05, 3.63) is 144 Å². The fourth-order valence-corrected chi connectivity index (χ4v) is 4.49. The molecule has 0 amide bonds. The lowest BCUT2D eigenvalue weighted by molar-refractivity contribution is -0.197. The summed E-state index contributed by atoms with van der Waals surface area (Å²) in [6, 6.07) is 33.1. The topological polar surface area (TPSA) is 114 Å². The molecule has 9 nitrogen and oxygen atoms in total. The Kier molecular flexibility index (Phi) is 9.56. The molecule has 0 aromatic heterocycles. The van der Waals surface area contributed by atoms with Crippen LogP contribution in [-0.4, -0.2) is 61.5 Å². The Bertz CT molecular complexity index is 1530. The van der Waals surface area contributed by atoms with Gasteiger partial charge in [-0.2, -0.15) is 0 Å².